The molecule has 0 spiro atoms. The third kappa shape index (κ3) is 4.76. The second-order valence-corrected chi connectivity index (χ2v) is 9.62. The quantitative estimate of drug-likeness (QED) is 0.550. The van der Waals surface area contributed by atoms with Gasteiger partial charge in [0.2, 0.25) is 5.91 Å². The van der Waals surface area contributed by atoms with Crippen LogP contribution in [0.3, 0.4) is 0 Å². The summed E-state index contributed by atoms with van der Waals surface area (Å²) < 4.78 is 12.3. The Morgan fingerprint density at radius 3 is 2.61 bits per heavy atom. The third-order valence-corrected chi connectivity index (χ3v) is 7.13. The fraction of sp³-hybridized carbons (Fsp3) is 0.538. The van der Waals surface area contributed by atoms with Gasteiger partial charge in [-0.1, -0.05) is 19.8 Å². The highest BCUT2D eigenvalue weighted by Gasteiger charge is 2.48. The van der Waals surface area contributed by atoms with E-state index in [0.717, 1.165) is 31.2 Å². The highest BCUT2D eigenvalue weighted by atomic mass is 16.5. The van der Waals surface area contributed by atoms with Crippen LogP contribution in [0.25, 0.3) is 0 Å². The number of nitrogens with zero attached hydrogens (tertiary/aromatic N) is 3. The molecular formula is C26H35N5O5. The molecule has 4 rings (SSSR count). The van der Waals surface area contributed by atoms with Crippen LogP contribution in [0, 0.1) is 0 Å². The molecule has 1 fully saturated rings. The van der Waals surface area contributed by atoms with Crippen LogP contribution in [-0.4, -0.2) is 64.5 Å². The lowest BCUT2D eigenvalue weighted by Gasteiger charge is -2.44. The molecule has 2 N–H and O–H groups in total. The zero-order valence-electron chi connectivity index (χ0n) is 21.4. The predicted molar refractivity (Wildman–Crippen MR) is 133 cm³/mol. The molecular weight excluding hydrogens is 462 g/mol. The molecule has 10 nitrogen and oxygen atoms in total. The largest absolute Gasteiger partial charge is 0.497 e. The van der Waals surface area contributed by atoms with Gasteiger partial charge < -0.3 is 29.6 Å². The van der Waals surface area contributed by atoms with Crippen LogP contribution >= 0.6 is 0 Å². The van der Waals surface area contributed by atoms with Crippen molar-refractivity contribution >= 4 is 17.7 Å². The maximum absolute atomic E-state index is 13.7. The number of aromatic nitrogens is 2. The summed E-state index contributed by atoms with van der Waals surface area (Å²) in [6.07, 6.45) is 6.29. The fourth-order valence-corrected chi connectivity index (χ4v) is 5.10. The molecule has 36 heavy (non-hydrogen) atoms. The monoisotopic (exact) mass is 497 g/mol. The average Bonchev–Trinajstić information content (AvgIpc) is 3.55. The summed E-state index contributed by atoms with van der Waals surface area (Å²) in [6.45, 7) is 4.59. The van der Waals surface area contributed by atoms with E-state index in [2.05, 4.69) is 15.6 Å². The van der Waals surface area contributed by atoms with Crippen LogP contribution in [0.15, 0.2) is 24.5 Å². The van der Waals surface area contributed by atoms with E-state index in [-0.39, 0.29) is 42.3 Å². The lowest BCUT2D eigenvalue weighted by molar-refractivity contribution is -0.133. The van der Waals surface area contributed by atoms with Crippen molar-refractivity contribution < 1.29 is 23.9 Å². The van der Waals surface area contributed by atoms with E-state index in [9.17, 15) is 14.4 Å². The normalized spacial score (nSPS) is 19.7. The van der Waals surface area contributed by atoms with E-state index in [4.69, 9.17) is 9.47 Å². The Hall–Kier alpha value is -3.56. The van der Waals surface area contributed by atoms with Gasteiger partial charge in [0.25, 0.3) is 11.8 Å². The summed E-state index contributed by atoms with van der Waals surface area (Å²) in [7, 11) is 3.12. The Labute approximate surface area is 211 Å². The van der Waals surface area contributed by atoms with Crippen molar-refractivity contribution in [2.24, 2.45) is 0 Å². The molecule has 1 aromatic carbocycles. The van der Waals surface area contributed by atoms with Crippen molar-refractivity contribution in [3.63, 3.8) is 0 Å². The second kappa shape index (κ2) is 10.6. The van der Waals surface area contributed by atoms with Crippen LogP contribution in [0.5, 0.6) is 11.5 Å². The Bertz CT molecular complexity index is 1140. The molecule has 1 saturated carbocycles. The van der Waals surface area contributed by atoms with Crippen molar-refractivity contribution in [1.29, 1.82) is 0 Å². The summed E-state index contributed by atoms with van der Waals surface area (Å²) in [5, 5.41) is 5.99. The maximum Gasteiger partial charge on any atom is 0.273 e. The number of hydrogen-bond donors (Lipinski definition) is 2. The first-order valence-corrected chi connectivity index (χ1v) is 12.5. The summed E-state index contributed by atoms with van der Waals surface area (Å²) in [5.41, 5.74) is -0.0522. The van der Waals surface area contributed by atoms with Gasteiger partial charge in [-0.05, 0) is 38.3 Å². The van der Waals surface area contributed by atoms with Crippen LogP contribution < -0.4 is 20.1 Å². The molecule has 1 aliphatic heterocycles. The summed E-state index contributed by atoms with van der Waals surface area (Å²) in [5.74, 6) is 0.234. The van der Waals surface area contributed by atoms with Crippen LogP contribution in [0.2, 0.25) is 0 Å². The molecule has 2 aliphatic rings. The van der Waals surface area contributed by atoms with Crippen LogP contribution in [0.1, 0.15) is 72.5 Å². The minimum absolute atomic E-state index is 0.0480. The van der Waals surface area contributed by atoms with Crippen molar-refractivity contribution in [1.82, 2.24) is 25.1 Å². The van der Waals surface area contributed by atoms with Gasteiger partial charge in [-0.25, -0.2) is 4.98 Å². The smallest absolute Gasteiger partial charge is 0.273 e. The molecule has 1 atom stereocenters. The number of nitrogens with one attached hydrogen (secondary N) is 2. The minimum atomic E-state index is -1.06. The van der Waals surface area contributed by atoms with Crippen molar-refractivity contribution in [2.45, 2.75) is 70.6 Å². The zero-order valence-corrected chi connectivity index (χ0v) is 21.4. The van der Waals surface area contributed by atoms with Crippen LogP contribution in [0.4, 0.5) is 0 Å². The minimum Gasteiger partial charge on any atom is -0.497 e. The molecule has 2 heterocycles. The van der Waals surface area contributed by atoms with Crippen molar-refractivity contribution in [3.8, 4) is 11.5 Å². The number of hydrogen-bond acceptors (Lipinski definition) is 6. The van der Waals surface area contributed by atoms with Gasteiger partial charge in [0.1, 0.15) is 22.7 Å². The lowest BCUT2D eigenvalue weighted by Crippen LogP contribution is -2.65. The van der Waals surface area contributed by atoms with Gasteiger partial charge in [0.05, 0.1) is 27.1 Å². The first-order chi connectivity index (χ1) is 17.3. The van der Waals surface area contributed by atoms with Crippen molar-refractivity contribution in [2.75, 3.05) is 20.8 Å². The zero-order chi connectivity index (χ0) is 25.9. The number of imidazole rings is 1. The molecule has 0 saturated heterocycles. The first-order valence-electron chi connectivity index (χ1n) is 12.5. The number of methoxy groups -OCH3 is 2. The van der Waals surface area contributed by atoms with Gasteiger partial charge in [-0.2, -0.15) is 0 Å². The third-order valence-electron chi connectivity index (χ3n) is 7.13. The maximum atomic E-state index is 13.7. The van der Waals surface area contributed by atoms with Gasteiger partial charge in [-0.3, -0.25) is 14.4 Å². The topological polar surface area (TPSA) is 115 Å². The standard InChI is InChI=1S/C26H35N5O5/c1-5-12-31-24(33)22-21(23(32)27-14-17-10-11-19(35-3)13-20(17)36-4)28-16-30(22)15-26(31,2)25(34)29-18-8-6-7-9-18/h10-11,13,16,18H,5-9,12,14-15H2,1-4H3,(H,27,32)(H,29,34)/t26-/m1/s1. The van der Waals surface area contributed by atoms with E-state index >= 15 is 0 Å². The average molecular weight is 498 g/mol. The van der Waals surface area contributed by atoms with E-state index < -0.39 is 11.4 Å². The van der Waals surface area contributed by atoms with Gasteiger partial charge in [0.15, 0.2) is 5.69 Å². The van der Waals surface area contributed by atoms with Gasteiger partial charge >= 0.3 is 0 Å². The Morgan fingerprint density at radius 2 is 1.94 bits per heavy atom. The lowest BCUT2D eigenvalue weighted by atomic mass is 9.93. The number of rotatable bonds is 9. The van der Waals surface area contributed by atoms with E-state index in [0.29, 0.717) is 24.5 Å². The number of amides is 3. The first kappa shape index (κ1) is 25.5. The Morgan fingerprint density at radius 1 is 1.19 bits per heavy atom. The SMILES string of the molecule is CCCN1C(=O)c2c(C(=O)NCc3ccc(OC)cc3OC)ncn2C[C@]1(C)C(=O)NC1CCCC1. The molecule has 0 radical (unpaired) electrons. The summed E-state index contributed by atoms with van der Waals surface area (Å²) in [4.78, 5) is 46.0. The van der Waals surface area contributed by atoms with E-state index in [1.54, 1.807) is 42.7 Å². The Balaban J connectivity index is 1.55. The van der Waals surface area contributed by atoms with Gasteiger partial charge in [-0.15, -0.1) is 0 Å². The number of ether oxygens (including phenoxy) is 2. The summed E-state index contributed by atoms with van der Waals surface area (Å²) in [6, 6.07) is 5.48. The number of carbonyl (C=O) groups is 3. The number of carbonyl (C=O) groups excluding carboxylic acids is 3. The Kier molecular flexibility index (Phi) is 7.51. The molecule has 1 aromatic heterocycles. The highest BCUT2D eigenvalue weighted by Crippen LogP contribution is 2.30. The van der Waals surface area contributed by atoms with E-state index in [1.165, 1.54) is 6.33 Å². The molecule has 0 bridgehead atoms. The molecule has 3 amide bonds. The number of benzene rings is 1. The van der Waals surface area contributed by atoms with E-state index in [1.807, 2.05) is 13.0 Å². The molecule has 2 aromatic rings. The molecule has 194 valence electrons. The molecule has 10 heteroatoms. The van der Waals surface area contributed by atoms with Crippen molar-refractivity contribution in [3.05, 3.63) is 41.5 Å². The molecule has 0 unspecified atom stereocenters. The molecule has 1 aliphatic carbocycles. The number of fused-ring (bicyclic) bond motifs is 1. The van der Waals surface area contributed by atoms with Crippen LogP contribution in [-0.2, 0) is 17.9 Å². The highest BCUT2D eigenvalue weighted by molar-refractivity contribution is 6.07. The summed E-state index contributed by atoms with van der Waals surface area (Å²) >= 11 is 0. The predicted octanol–water partition coefficient (Wildman–Crippen LogP) is 2.51. The van der Waals surface area contributed by atoms with Gasteiger partial charge in [0, 0.05) is 30.8 Å². The second-order valence-electron chi connectivity index (χ2n) is 9.62. The fourth-order valence-electron chi connectivity index (χ4n) is 5.10.